The summed E-state index contributed by atoms with van der Waals surface area (Å²) in [7, 11) is -1.61. The van der Waals surface area contributed by atoms with Gasteiger partial charge in [0, 0.05) is 45.7 Å². The van der Waals surface area contributed by atoms with Gasteiger partial charge in [0.1, 0.15) is 0 Å². The molecular weight excluding hydrogens is 304 g/mol. The lowest BCUT2D eigenvalue weighted by Crippen LogP contribution is -2.34. The molecule has 0 aromatic carbocycles. The van der Waals surface area contributed by atoms with Crippen LogP contribution in [0.25, 0.3) is 0 Å². The molecule has 0 unspecified atom stereocenters. The quantitative estimate of drug-likeness (QED) is 0.795. The van der Waals surface area contributed by atoms with Crippen LogP contribution in [0.5, 0.6) is 0 Å². The molecule has 0 spiro atoms. The Kier molecular flexibility index (Phi) is 4.60. The molecule has 0 aliphatic carbocycles. The van der Waals surface area contributed by atoms with E-state index >= 15 is 0 Å². The summed E-state index contributed by atoms with van der Waals surface area (Å²) in [6.07, 6.45) is 4.93. The van der Waals surface area contributed by atoms with E-state index in [1.54, 1.807) is 29.9 Å². The van der Waals surface area contributed by atoms with Crippen molar-refractivity contribution in [2.75, 3.05) is 44.8 Å². The number of nitrogens with zero attached hydrogens (tertiary/aromatic N) is 4. The molecular formula is C14H22N4O3S. The lowest BCUT2D eigenvalue weighted by Gasteiger charge is -2.21. The van der Waals surface area contributed by atoms with Crippen molar-refractivity contribution < 1.29 is 13.2 Å². The first-order valence-electron chi connectivity index (χ1n) is 7.63. The van der Waals surface area contributed by atoms with Crippen LogP contribution < -0.4 is 4.90 Å². The SMILES string of the molecule is COCCN1C[C@@H]2CCN(c3ncccn3)CC[C@@H]2S1(=O)=O. The third-order valence-corrected chi connectivity index (χ3v) is 6.98. The molecule has 8 heteroatoms. The zero-order valence-corrected chi connectivity index (χ0v) is 13.6. The molecule has 0 N–H and O–H groups in total. The van der Waals surface area contributed by atoms with Gasteiger partial charge >= 0.3 is 0 Å². The van der Waals surface area contributed by atoms with Gasteiger partial charge < -0.3 is 9.64 Å². The Morgan fingerprint density at radius 1 is 1.27 bits per heavy atom. The molecule has 7 nitrogen and oxygen atoms in total. The van der Waals surface area contributed by atoms with Gasteiger partial charge in [0.05, 0.1) is 11.9 Å². The lowest BCUT2D eigenvalue weighted by atomic mass is 10.0. The zero-order valence-electron chi connectivity index (χ0n) is 12.8. The number of ether oxygens (including phenoxy) is 1. The van der Waals surface area contributed by atoms with Crippen LogP contribution >= 0.6 is 0 Å². The Morgan fingerprint density at radius 3 is 2.73 bits per heavy atom. The molecule has 22 heavy (non-hydrogen) atoms. The van der Waals surface area contributed by atoms with Crippen LogP contribution in [0.2, 0.25) is 0 Å². The van der Waals surface area contributed by atoms with E-state index in [0.717, 1.165) is 13.0 Å². The Labute approximate surface area is 131 Å². The van der Waals surface area contributed by atoms with Crippen LogP contribution in [-0.4, -0.2) is 67.8 Å². The minimum Gasteiger partial charge on any atom is -0.383 e. The van der Waals surface area contributed by atoms with Crippen molar-refractivity contribution in [3.63, 3.8) is 0 Å². The zero-order chi connectivity index (χ0) is 15.6. The predicted molar refractivity (Wildman–Crippen MR) is 83.1 cm³/mol. The topological polar surface area (TPSA) is 75.6 Å². The van der Waals surface area contributed by atoms with E-state index in [2.05, 4.69) is 14.9 Å². The average Bonchev–Trinajstić information content (AvgIpc) is 2.68. The number of aromatic nitrogens is 2. The molecule has 122 valence electrons. The number of hydrogen-bond donors (Lipinski definition) is 0. The van der Waals surface area contributed by atoms with Crippen LogP contribution in [0.15, 0.2) is 18.5 Å². The second-order valence-electron chi connectivity index (χ2n) is 5.81. The fourth-order valence-electron chi connectivity index (χ4n) is 3.36. The highest BCUT2D eigenvalue weighted by molar-refractivity contribution is 7.90. The molecule has 2 aliphatic rings. The Balaban J connectivity index is 1.71. The third-order valence-electron chi connectivity index (χ3n) is 4.54. The van der Waals surface area contributed by atoms with Crippen LogP contribution in [0.3, 0.4) is 0 Å². The molecule has 0 bridgehead atoms. The highest BCUT2D eigenvalue weighted by atomic mass is 32.2. The summed E-state index contributed by atoms with van der Waals surface area (Å²) >= 11 is 0. The maximum absolute atomic E-state index is 12.6. The van der Waals surface area contributed by atoms with Crippen LogP contribution in [-0.2, 0) is 14.8 Å². The van der Waals surface area contributed by atoms with Crippen molar-refractivity contribution in [3.8, 4) is 0 Å². The normalized spacial score (nSPS) is 28.3. The average molecular weight is 326 g/mol. The Bertz CT molecular complexity index is 595. The van der Waals surface area contributed by atoms with Gasteiger partial charge in [0.2, 0.25) is 16.0 Å². The third kappa shape index (κ3) is 2.95. The summed E-state index contributed by atoms with van der Waals surface area (Å²) in [5, 5.41) is -0.280. The largest absolute Gasteiger partial charge is 0.383 e. The van der Waals surface area contributed by atoms with Crippen LogP contribution in [0.4, 0.5) is 5.95 Å². The van der Waals surface area contributed by atoms with Gasteiger partial charge in [-0.05, 0) is 24.8 Å². The summed E-state index contributed by atoms with van der Waals surface area (Å²) in [6.45, 7) is 3.00. The van der Waals surface area contributed by atoms with E-state index in [0.29, 0.717) is 38.6 Å². The number of hydrogen-bond acceptors (Lipinski definition) is 6. The monoisotopic (exact) mass is 326 g/mol. The molecule has 0 amide bonds. The molecule has 3 rings (SSSR count). The number of sulfonamides is 1. The summed E-state index contributed by atoms with van der Waals surface area (Å²) < 4.78 is 31.9. The maximum atomic E-state index is 12.6. The van der Waals surface area contributed by atoms with E-state index in [-0.39, 0.29) is 11.2 Å². The van der Waals surface area contributed by atoms with E-state index in [4.69, 9.17) is 4.74 Å². The molecule has 0 radical (unpaired) electrons. The highest BCUT2D eigenvalue weighted by Crippen LogP contribution is 2.34. The molecule has 2 atom stereocenters. The fourth-order valence-corrected chi connectivity index (χ4v) is 5.59. The second-order valence-corrected chi connectivity index (χ2v) is 7.96. The van der Waals surface area contributed by atoms with Crippen LogP contribution in [0, 0.1) is 5.92 Å². The molecule has 2 fully saturated rings. The number of anilines is 1. The van der Waals surface area contributed by atoms with Gasteiger partial charge in [0.15, 0.2) is 0 Å². The molecule has 1 aromatic heterocycles. The van der Waals surface area contributed by atoms with E-state index in [1.807, 2.05) is 0 Å². The van der Waals surface area contributed by atoms with Crippen molar-refractivity contribution in [1.82, 2.24) is 14.3 Å². The molecule has 1 aromatic rings. The van der Waals surface area contributed by atoms with Gasteiger partial charge in [-0.25, -0.2) is 18.4 Å². The van der Waals surface area contributed by atoms with Crippen molar-refractivity contribution in [3.05, 3.63) is 18.5 Å². The number of rotatable bonds is 4. The highest BCUT2D eigenvalue weighted by Gasteiger charge is 2.46. The van der Waals surface area contributed by atoms with Crippen LogP contribution in [0.1, 0.15) is 12.8 Å². The number of methoxy groups -OCH3 is 1. The van der Waals surface area contributed by atoms with Crippen molar-refractivity contribution in [2.45, 2.75) is 18.1 Å². The smallest absolute Gasteiger partial charge is 0.225 e. The van der Waals surface area contributed by atoms with Crippen molar-refractivity contribution in [2.24, 2.45) is 5.92 Å². The van der Waals surface area contributed by atoms with Gasteiger partial charge in [-0.2, -0.15) is 4.31 Å². The molecule has 2 saturated heterocycles. The van der Waals surface area contributed by atoms with Gasteiger partial charge in [-0.1, -0.05) is 0 Å². The first-order valence-corrected chi connectivity index (χ1v) is 9.13. The summed E-state index contributed by atoms with van der Waals surface area (Å²) in [5.74, 6) is 0.881. The predicted octanol–water partition coefficient (Wildman–Crippen LogP) is 0.353. The summed E-state index contributed by atoms with van der Waals surface area (Å²) in [5.41, 5.74) is 0. The van der Waals surface area contributed by atoms with Gasteiger partial charge in [0.25, 0.3) is 0 Å². The molecule has 2 aliphatic heterocycles. The first kappa shape index (κ1) is 15.6. The Morgan fingerprint density at radius 2 is 2.00 bits per heavy atom. The number of fused-ring (bicyclic) bond motifs is 1. The Hall–Kier alpha value is -1.25. The standard InChI is InChI=1S/C14H22N4O3S/c1-21-10-9-18-11-12-3-7-17(14-15-5-2-6-16-14)8-4-13(12)22(18,19)20/h2,5-6,12-13H,3-4,7-11H2,1H3/t12-,13-/m0/s1. The van der Waals surface area contributed by atoms with Gasteiger partial charge in [-0.15, -0.1) is 0 Å². The van der Waals surface area contributed by atoms with Gasteiger partial charge in [-0.3, -0.25) is 0 Å². The molecule has 0 saturated carbocycles. The van der Waals surface area contributed by atoms with E-state index in [9.17, 15) is 8.42 Å². The minimum absolute atomic E-state index is 0.190. The maximum Gasteiger partial charge on any atom is 0.225 e. The van der Waals surface area contributed by atoms with E-state index in [1.165, 1.54) is 0 Å². The van der Waals surface area contributed by atoms with Crippen molar-refractivity contribution in [1.29, 1.82) is 0 Å². The summed E-state index contributed by atoms with van der Waals surface area (Å²) in [6, 6.07) is 1.79. The van der Waals surface area contributed by atoms with E-state index < -0.39 is 10.0 Å². The second kappa shape index (κ2) is 6.47. The fraction of sp³-hybridized carbons (Fsp3) is 0.714. The van der Waals surface area contributed by atoms with Crippen molar-refractivity contribution >= 4 is 16.0 Å². The summed E-state index contributed by atoms with van der Waals surface area (Å²) in [4.78, 5) is 10.6. The minimum atomic E-state index is -3.20. The lowest BCUT2D eigenvalue weighted by molar-refractivity contribution is 0.178. The first-order chi connectivity index (χ1) is 10.6. The molecule has 3 heterocycles.